The van der Waals surface area contributed by atoms with Gasteiger partial charge in [-0.1, -0.05) is 20.3 Å². The first-order valence-corrected chi connectivity index (χ1v) is 4.64. The number of ether oxygens (including phenoxy) is 1. The number of methoxy groups -OCH3 is 1. The van der Waals surface area contributed by atoms with Crippen molar-refractivity contribution >= 4 is 11.8 Å². The first kappa shape index (κ1) is 11.9. The van der Waals surface area contributed by atoms with E-state index >= 15 is 0 Å². The number of rotatable bonds is 5. The minimum atomic E-state index is -0.512. The number of unbranched alkanes of at least 4 members (excludes halogenated alkanes) is 1. The number of nitrogens with zero attached hydrogens (tertiary/aromatic N) is 1. The molecule has 0 bridgehead atoms. The Kier molecular flexibility index (Phi) is 6.96. The topological polar surface area (TPSA) is 50.7 Å². The van der Waals surface area contributed by atoms with E-state index in [4.69, 9.17) is 0 Å². The van der Waals surface area contributed by atoms with Crippen LogP contribution in [0.2, 0.25) is 0 Å². The first-order chi connectivity index (χ1) is 6.24. The Balaban J connectivity index is 3.84. The molecule has 0 saturated heterocycles. The lowest BCUT2D eigenvalue weighted by atomic mass is 10.1. The summed E-state index contributed by atoms with van der Waals surface area (Å²) < 4.78 is 4.39. The van der Waals surface area contributed by atoms with Crippen molar-refractivity contribution in [3.05, 3.63) is 0 Å². The SMILES string of the molecule is CCCC/C(CC)=N\NC(=O)OC. The highest BCUT2D eigenvalue weighted by Gasteiger charge is 1.98. The number of nitrogens with one attached hydrogen (secondary N) is 1. The standard InChI is InChI=1S/C9H18N2O2/c1-4-6-7-8(5-2)10-11-9(12)13-3/h4-7H2,1-3H3,(H,11,12)/b10-8-. The van der Waals surface area contributed by atoms with Gasteiger partial charge in [-0.05, 0) is 19.3 Å². The summed E-state index contributed by atoms with van der Waals surface area (Å²) in [5.74, 6) is 0. The predicted molar refractivity (Wildman–Crippen MR) is 52.8 cm³/mol. The van der Waals surface area contributed by atoms with E-state index < -0.39 is 6.09 Å². The van der Waals surface area contributed by atoms with Crippen LogP contribution in [0.3, 0.4) is 0 Å². The summed E-state index contributed by atoms with van der Waals surface area (Å²) in [4.78, 5) is 10.7. The molecule has 0 heterocycles. The van der Waals surface area contributed by atoms with Gasteiger partial charge in [0, 0.05) is 5.71 Å². The number of hydrogen-bond acceptors (Lipinski definition) is 3. The van der Waals surface area contributed by atoms with Crippen molar-refractivity contribution in [2.24, 2.45) is 5.10 Å². The molecule has 13 heavy (non-hydrogen) atoms. The monoisotopic (exact) mass is 186 g/mol. The zero-order valence-corrected chi connectivity index (χ0v) is 8.59. The summed E-state index contributed by atoms with van der Waals surface area (Å²) in [5, 5.41) is 3.94. The van der Waals surface area contributed by atoms with E-state index in [1.807, 2.05) is 6.92 Å². The highest BCUT2D eigenvalue weighted by atomic mass is 16.5. The highest BCUT2D eigenvalue weighted by Crippen LogP contribution is 1.99. The Morgan fingerprint density at radius 1 is 1.46 bits per heavy atom. The minimum absolute atomic E-state index is 0.512. The molecule has 0 fully saturated rings. The van der Waals surface area contributed by atoms with Gasteiger partial charge in [0.15, 0.2) is 0 Å². The van der Waals surface area contributed by atoms with Crippen LogP contribution < -0.4 is 5.43 Å². The van der Waals surface area contributed by atoms with Gasteiger partial charge < -0.3 is 4.74 Å². The number of amides is 1. The summed E-state index contributed by atoms with van der Waals surface area (Å²) in [7, 11) is 1.32. The third-order valence-electron chi connectivity index (χ3n) is 1.72. The fourth-order valence-corrected chi connectivity index (χ4v) is 0.863. The van der Waals surface area contributed by atoms with Crippen LogP contribution in [0, 0.1) is 0 Å². The molecule has 76 valence electrons. The van der Waals surface area contributed by atoms with Crippen LogP contribution in [-0.2, 0) is 4.74 Å². The van der Waals surface area contributed by atoms with Gasteiger partial charge in [0.2, 0.25) is 0 Å². The van der Waals surface area contributed by atoms with Gasteiger partial charge in [-0.25, -0.2) is 10.2 Å². The summed E-state index contributed by atoms with van der Waals surface area (Å²) in [6, 6.07) is 0. The van der Waals surface area contributed by atoms with Crippen LogP contribution >= 0.6 is 0 Å². The summed E-state index contributed by atoms with van der Waals surface area (Å²) in [6.07, 6.45) is 3.54. The maximum atomic E-state index is 10.7. The second kappa shape index (κ2) is 7.58. The molecule has 0 atom stereocenters. The lowest BCUT2D eigenvalue weighted by molar-refractivity contribution is 0.171. The second-order valence-corrected chi connectivity index (χ2v) is 2.74. The molecule has 0 radical (unpaired) electrons. The molecular weight excluding hydrogens is 168 g/mol. The van der Waals surface area contributed by atoms with Crippen molar-refractivity contribution in [1.82, 2.24) is 5.43 Å². The molecule has 4 nitrogen and oxygen atoms in total. The molecule has 0 unspecified atom stereocenters. The highest BCUT2D eigenvalue weighted by molar-refractivity contribution is 5.85. The molecule has 0 aromatic carbocycles. The van der Waals surface area contributed by atoms with Gasteiger partial charge in [0.1, 0.15) is 0 Å². The van der Waals surface area contributed by atoms with E-state index in [9.17, 15) is 4.79 Å². The maximum Gasteiger partial charge on any atom is 0.427 e. The van der Waals surface area contributed by atoms with Gasteiger partial charge in [0.25, 0.3) is 0 Å². The molecule has 4 heteroatoms. The van der Waals surface area contributed by atoms with Crippen LogP contribution in [0.1, 0.15) is 39.5 Å². The molecule has 1 N–H and O–H groups in total. The Labute approximate surface area is 79.3 Å². The Hall–Kier alpha value is -1.06. The summed E-state index contributed by atoms with van der Waals surface area (Å²) in [6.45, 7) is 4.15. The quantitative estimate of drug-likeness (QED) is 0.529. The average molecular weight is 186 g/mol. The Bertz CT molecular complexity index is 178. The van der Waals surface area contributed by atoms with E-state index in [1.54, 1.807) is 0 Å². The second-order valence-electron chi connectivity index (χ2n) is 2.74. The van der Waals surface area contributed by atoms with Crippen LogP contribution in [0.15, 0.2) is 5.10 Å². The zero-order valence-electron chi connectivity index (χ0n) is 8.59. The summed E-state index contributed by atoms with van der Waals surface area (Å²) >= 11 is 0. The van der Waals surface area contributed by atoms with Crippen molar-refractivity contribution in [3.8, 4) is 0 Å². The van der Waals surface area contributed by atoms with E-state index in [-0.39, 0.29) is 0 Å². The van der Waals surface area contributed by atoms with Crippen LogP contribution in [0.4, 0.5) is 4.79 Å². The average Bonchev–Trinajstić information content (AvgIpc) is 2.17. The van der Waals surface area contributed by atoms with E-state index in [1.165, 1.54) is 7.11 Å². The molecule has 0 saturated carbocycles. The molecule has 0 aliphatic carbocycles. The van der Waals surface area contributed by atoms with Crippen LogP contribution in [0.25, 0.3) is 0 Å². The maximum absolute atomic E-state index is 10.7. The predicted octanol–water partition coefficient (Wildman–Crippen LogP) is 2.30. The molecule has 0 aliphatic heterocycles. The Morgan fingerprint density at radius 2 is 2.15 bits per heavy atom. The number of hydrogen-bond donors (Lipinski definition) is 1. The normalized spacial score (nSPS) is 11.2. The van der Waals surface area contributed by atoms with Crippen molar-refractivity contribution in [3.63, 3.8) is 0 Å². The minimum Gasteiger partial charge on any atom is -0.452 e. The van der Waals surface area contributed by atoms with Crippen LogP contribution in [0.5, 0.6) is 0 Å². The van der Waals surface area contributed by atoms with Gasteiger partial charge in [-0.2, -0.15) is 5.10 Å². The van der Waals surface area contributed by atoms with Crippen molar-refractivity contribution in [1.29, 1.82) is 0 Å². The molecule has 0 aromatic heterocycles. The van der Waals surface area contributed by atoms with E-state index in [2.05, 4.69) is 22.2 Å². The Morgan fingerprint density at radius 3 is 2.62 bits per heavy atom. The molecule has 0 spiro atoms. The first-order valence-electron chi connectivity index (χ1n) is 4.64. The van der Waals surface area contributed by atoms with Gasteiger partial charge in [-0.15, -0.1) is 0 Å². The molecular formula is C9H18N2O2. The lowest BCUT2D eigenvalue weighted by Crippen LogP contribution is -2.19. The molecule has 0 aromatic rings. The van der Waals surface area contributed by atoms with Gasteiger partial charge >= 0.3 is 6.09 Å². The number of carbonyl (C=O) groups is 1. The third-order valence-corrected chi connectivity index (χ3v) is 1.72. The van der Waals surface area contributed by atoms with E-state index in [0.29, 0.717) is 0 Å². The van der Waals surface area contributed by atoms with Crippen molar-refractivity contribution in [2.45, 2.75) is 39.5 Å². The van der Waals surface area contributed by atoms with Crippen molar-refractivity contribution in [2.75, 3.05) is 7.11 Å². The largest absolute Gasteiger partial charge is 0.452 e. The van der Waals surface area contributed by atoms with Gasteiger partial charge in [0.05, 0.1) is 7.11 Å². The molecule has 1 amide bonds. The van der Waals surface area contributed by atoms with Crippen LogP contribution in [-0.4, -0.2) is 18.9 Å². The molecule has 0 rings (SSSR count). The lowest BCUT2D eigenvalue weighted by Gasteiger charge is -2.02. The third kappa shape index (κ3) is 6.13. The van der Waals surface area contributed by atoms with Crippen molar-refractivity contribution < 1.29 is 9.53 Å². The fraction of sp³-hybridized carbons (Fsp3) is 0.778. The van der Waals surface area contributed by atoms with E-state index in [0.717, 1.165) is 31.4 Å². The summed E-state index contributed by atoms with van der Waals surface area (Å²) in [5.41, 5.74) is 3.33. The smallest absolute Gasteiger partial charge is 0.427 e. The fourth-order valence-electron chi connectivity index (χ4n) is 0.863. The number of carbonyl (C=O) groups excluding carboxylic acids is 1. The number of hydrazone groups is 1. The van der Waals surface area contributed by atoms with Gasteiger partial charge in [-0.3, -0.25) is 0 Å². The zero-order chi connectivity index (χ0) is 10.1. The molecule has 0 aliphatic rings.